The van der Waals surface area contributed by atoms with Crippen LogP contribution in [0.5, 0.6) is 0 Å². The summed E-state index contributed by atoms with van der Waals surface area (Å²) in [5, 5.41) is 9.51. The molecule has 1 aliphatic carbocycles. The van der Waals surface area contributed by atoms with Crippen LogP contribution in [0.25, 0.3) is 0 Å². The summed E-state index contributed by atoms with van der Waals surface area (Å²) < 4.78 is 0. The van der Waals surface area contributed by atoms with Crippen molar-refractivity contribution in [2.24, 2.45) is 5.41 Å². The van der Waals surface area contributed by atoms with Gasteiger partial charge in [0.25, 0.3) is 0 Å². The monoisotopic (exact) mass is 182 g/mol. The number of ketones is 1. The zero-order chi connectivity index (χ0) is 10.2. The third-order valence-corrected chi connectivity index (χ3v) is 3.00. The molecule has 0 amide bonds. The maximum Gasteiger partial charge on any atom is 0.186 e. The van der Waals surface area contributed by atoms with Gasteiger partial charge in [0.05, 0.1) is 0 Å². The molecule has 0 saturated carbocycles. The third kappa shape index (κ3) is 1.68. The van der Waals surface area contributed by atoms with Crippen molar-refractivity contribution in [3.05, 3.63) is 11.1 Å². The summed E-state index contributed by atoms with van der Waals surface area (Å²) in [7, 11) is 0. The van der Waals surface area contributed by atoms with Crippen LogP contribution < -0.4 is 0 Å². The maximum absolute atomic E-state index is 11.5. The molecule has 0 spiro atoms. The molecule has 74 valence electrons. The Kier molecular flexibility index (Phi) is 2.62. The highest BCUT2D eigenvalue weighted by Crippen LogP contribution is 2.40. The number of carbonyl (C=O) groups excluding carboxylic acids is 1. The second kappa shape index (κ2) is 3.26. The standard InChI is InChI=1S/C11H18O2/c1-5-8-7(2)10(13)9(12)6-11(8,3)4/h9,12H,5-6H2,1-4H3. The van der Waals surface area contributed by atoms with Gasteiger partial charge in [-0.1, -0.05) is 26.3 Å². The summed E-state index contributed by atoms with van der Waals surface area (Å²) in [5.74, 6) is -0.0869. The van der Waals surface area contributed by atoms with Crippen LogP contribution in [0.2, 0.25) is 0 Å². The molecular weight excluding hydrogens is 164 g/mol. The zero-order valence-corrected chi connectivity index (χ0v) is 8.85. The van der Waals surface area contributed by atoms with Crippen LogP contribution in [0.15, 0.2) is 11.1 Å². The molecule has 0 aliphatic heterocycles. The van der Waals surface area contributed by atoms with Gasteiger partial charge in [-0.15, -0.1) is 0 Å². The Hall–Kier alpha value is -0.630. The SMILES string of the molecule is CCC1=C(C)C(=O)C(O)CC1(C)C. The molecule has 1 unspecified atom stereocenters. The smallest absolute Gasteiger partial charge is 0.186 e. The van der Waals surface area contributed by atoms with Crippen molar-refractivity contribution >= 4 is 5.78 Å². The molecule has 0 bridgehead atoms. The van der Waals surface area contributed by atoms with Crippen molar-refractivity contribution in [3.8, 4) is 0 Å². The first kappa shape index (κ1) is 10.5. The number of carbonyl (C=O) groups is 1. The fourth-order valence-corrected chi connectivity index (χ4v) is 2.35. The van der Waals surface area contributed by atoms with Gasteiger partial charge in [0.1, 0.15) is 6.10 Å². The van der Waals surface area contributed by atoms with Crippen molar-refractivity contribution < 1.29 is 9.90 Å². The van der Waals surface area contributed by atoms with Crippen molar-refractivity contribution in [3.63, 3.8) is 0 Å². The maximum atomic E-state index is 11.5. The lowest BCUT2D eigenvalue weighted by Crippen LogP contribution is -2.36. The van der Waals surface area contributed by atoms with Crippen LogP contribution in [0.1, 0.15) is 40.5 Å². The predicted molar refractivity (Wildman–Crippen MR) is 52.4 cm³/mol. The van der Waals surface area contributed by atoms with Gasteiger partial charge in [-0.25, -0.2) is 0 Å². The van der Waals surface area contributed by atoms with E-state index in [1.807, 2.05) is 6.92 Å². The van der Waals surface area contributed by atoms with Gasteiger partial charge in [0.2, 0.25) is 0 Å². The Labute approximate surface area is 79.6 Å². The van der Waals surface area contributed by atoms with Crippen LogP contribution in [0.4, 0.5) is 0 Å². The second-order valence-corrected chi connectivity index (χ2v) is 4.43. The number of aliphatic hydroxyl groups is 1. The Morgan fingerprint density at radius 2 is 2.08 bits per heavy atom. The van der Waals surface area contributed by atoms with E-state index in [2.05, 4.69) is 20.8 Å². The first-order valence-corrected chi connectivity index (χ1v) is 4.82. The van der Waals surface area contributed by atoms with Gasteiger partial charge >= 0.3 is 0 Å². The fourth-order valence-electron chi connectivity index (χ4n) is 2.35. The number of aliphatic hydroxyl groups excluding tert-OH is 1. The van der Waals surface area contributed by atoms with Crippen molar-refractivity contribution in [1.29, 1.82) is 0 Å². The number of allylic oxidation sites excluding steroid dienone is 1. The molecule has 0 fully saturated rings. The van der Waals surface area contributed by atoms with Gasteiger partial charge in [0, 0.05) is 0 Å². The van der Waals surface area contributed by atoms with Gasteiger partial charge in [-0.3, -0.25) is 4.79 Å². The molecular formula is C11H18O2. The molecule has 2 heteroatoms. The first-order chi connectivity index (χ1) is 5.90. The highest BCUT2D eigenvalue weighted by molar-refractivity contribution is 6.00. The summed E-state index contributed by atoms with van der Waals surface area (Å²) in [6.45, 7) is 8.06. The number of hydrogen-bond donors (Lipinski definition) is 1. The molecule has 0 saturated heterocycles. The van der Waals surface area contributed by atoms with E-state index in [1.54, 1.807) is 0 Å². The van der Waals surface area contributed by atoms with Crippen molar-refractivity contribution in [2.75, 3.05) is 0 Å². The molecule has 13 heavy (non-hydrogen) atoms. The van der Waals surface area contributed by atoms with E-state index in [4.69, 9.17) is 0 Å². The summed E-state index contributed by atoms with van der Waals surface area (Å²) in [6, 6.07) is 0. The van der Waals surface area contributed by atoms with Gasteiger partial charge < -0.3 is 5.11 Å². The minimum absolute atomic E-state index is 0.0217. The van der Waals surface area contributed by atoms with Gasteiger partial charge in [0.15, 0.2) is 5.78 Å². The molecule has 1 rings (SSSR count). The summed E-state index contributed by atoms with van der Waals surface area (Å²) >= 11 is 0. The second-order valence-electron chi connectivity index (χ2n) is 4.43. The summed E-state index contributed by atoms with van der Waals surface area (Å²) in [4.78, 5) is 11.5. The molecule has 1 aliphatic rings. The van der Waals surface area contributed by atoms with Crippen LogP contribution in [0, 0.1) is 5.41 Å². The van der Waals surface area contributed by atoms with Gasteiger partial charge in [-0.2, -0.15) is 0 Å². The summed E-state index contributed by atoms with van der Waals surface area (Å²) in [6.07, 6.45) is 0.675. The number of hydrogen-bond acceptors (Lipinski definition) is 2. The Morgan fingerprint density at radius 3 is 2.54 bits per heavy atom. The third-order valence-electron chi connectivity index (χ3n) is 3.00. The van der Waals surface area contributed by atoms with E-state index < -0.39 is 6.10 Å². The predicted octanol–water partition coefficient (Wildman–Crippen LogP) is 2.07. The molecule has 1 atom stereocenters. The van der Waals surface area contributed by atoms with Gasteiger partial charge in [-0.05, 0) is 30.8 Å². The molecule has 1 N–H and O–H groups in total. The van der Waals surface area contributed by atoms with E-state index >= 15 is 0 Å². The topological polar surface area (TPSA) is 37.3 Å². The van der Waals surface area contributed by atoms with Crippen LogP contribution in [-0.2, 0) is 4.79 Å². The lowest BCUT2D eigenvalue weighted by atomic mass is 9.70. The lowest BCUT2D eigenvalue weighted by molar-refractivity contribution is -0.125. The molecule has 0 aromatic rings. The normalized spacial score (nSPS) is 28.1. The molecule has 0 radical (unpaired) electrons. The lowest BCUT2D eigenvalue weighted by Gasteiger charge is -2.35. The highest BCUT2D eigenvalue weighted by atomic mass is 16.3. The molecule has 0 aromatic heterocycles. The quantitative estimate of drug-likeness (QED) is 0.674. The van der Waals surface area contributed by atoms with Crippen molar-refractivity contribution in [1.82, 2.24) is 0 Å². The van der Waals surface area contributed by atoms with E-state index in [-0.39, 0.29) is 11.2 Å². The first-order valence-electron chi connectivity index (χ1n) is 4.82. The average Bonchev–Trinajstić information content (AvgIpc) is 2.00. The van der Waals surface area contributed by atoms with Crippen molar-refractivity contribution in [2.45, 2.75) is 46.6 Å². The van der Waals surface area contributed by atoms with E-state index in [0.717, 1.165) is 12.0 Å². The highest BCUT2D eigenvalue weighted by Gasteiger charge is 2.36. The minimum atomic E-state index is -0.787. The number of Topliss-reactive ketones (excluding diaryl/α,β-unsaturated/α-hetero) is 1. The molecule has 2 nitrogen and oxygen atoms in total. The van der Waals surface area contributed by atoms with E-state index in [1.165, 1.54) is 5.57 Å². The Morgan fingerprint density at radius 1 is 1.54 bits per heavy atom. The van der Waals surface area contributed by atoms with E-state index in [0.29, 0.717) is 6.42 Å². The largest absolute Gasteiger partial charge is 0.385 e. The Bertz CT molecular complexity index is 261. The van der Waals surface area contributed by atoms with E-state index in [9.17, 15) is 9.90 Å². The van der Waals surface area contributed by atoms with Crippen LogP contribution >= 0.6 is 0 Å². The van der Waals surface area contributed by atoms with Crippen LogP contribution in [-0.4, -0.2) is 17.0 Å². The molecule has 0 aromatic carbocycles. The summed E-state index contributed by atoms with van der Waals surface area (Å²) in [5.41, 5.74) is 1.95. The zero-order valence-electron chi connectivity index (χ0n) is 8.85. The molecule has 0 heterocycles. The number of rotatable bonds is 1. The fraction of sp³-hybridized carbons (Fsp3) is 0.727. The minimum Gasteiger partial charge on any atom is -0.385 e. The van der Waals surface area contributed by atoms with Crippen LogP contribution in [0.3, 0.4) is 0 Å². The Balaban J connectivity index is 3.16. The average molecular weight is 182 g/mol.